The Morgan fingerprint density at radius 2 is 2.29 bits per heavy atom. The lowest BCUT2D eigenvalue weighted by molar-refractivity contribution is -0.123. The summed E-state index contributed by atoms with van der Waals surface area (Å²) in [6.07, 6.45) is 1.18. The molecule has 5 nitrogen and oxygen atoms in total. The fourth-order valence-electron chi connectivity index (χ4n) is 2.76. The van der Waals surface area contributed by atoms with Crippen LogP contribution in [0, 0.1) is 6.92 Å². The van der Waals surface area contributed by atoms with Gasteiger partial charge in [-0.05, 0) is 38.0 Å². The Labute approximate surface area is 146 Å². The number of fused-ring (bicyclic) bond motifs is 1. The van der Waals surface area contributed by atoms with Crippen LogP contribution in [0.4, 0.5) is 5.69 Å². The minimum absolute atomic E-state index is 0.0671. The zero-order chi connectivity index (χ0) is 17.1. The van der Waals surface area contributed by atoms with Crippen molar-refractivity contribution in [1.82, 2.24) is 10.3 Å². The molecule has 0 saturated heterocycles. The maximum absolute atomic E-state index is 11.8. The number of rotatable bonds is 6. The van der Waals surface area contributed by atoms with Crippen LogP contribution >= 0.6 is 11.3 Å². The number of amides is 1. The molecule has 1 amide bonds. The van der Waals surface area contributed by atoms with E-state index in [4.69, 9.17) is 4.74 Å². The number of thiazole rings is 1. The number of nitrogens with zero attached hydrogens (tertiary/aromatic N) is 1. The Bertz CT molecular complexity index is 729. The van der Waals surface area contributed by atoms with Crippen LogP contribution in [0.25, 0.3) is 0 Å². The molecule has 128 valence electrons. The van der Waals surface area contributed by atoms with Crippen LogP contribution in [0.2, 0.25) is 0 Å². The lowest BCUT2D eigenvalue weighted by atomic mass is 10.1. The fourth-order valence-corrected chi connectivity index (χ4v) is 3.40. The van der Waals surface area contributed by atoms with E-state index in [-0.39, 0.29) is 11.9 Å². The molecule has 24 heavy (non-hydrogen) atoms. The first kappa shape index (κ1) is 16.9. The number of benzene rings is 1. The molecule has 3 rings (SSSR count). The molecular weight excluding hydrogens is 322 g/mol. The second kappa shape index (κ2) is 7.32. The van der Waals surface area contributed by atoms with Crippen molar-refractivity contribution in [2.45, 2.75) is 45.8 Å². The number of ether oxygens (including phenoxy) is 1. The molecule has 2 N–H and O–H groups in total. The number of aryl methyl sites for hydroxylation is 1. The van der Waals surface area contributed by atoms with E-state index in [9.17, 15) is 4.79 Å². The topological polar surface area (TPSA) is 63.2 Å². The van der Waals surface area contributed by atoms with Gasteiger partial charge < -0.3 is 15.4 Å². The normalized spacial score (nSPS) is 17.8. The van der Waals surface area contributed by atoms with Crippen LogP contribution in [0.15, 0.2) is 23.6 Å². The third-order valence-corrected chi connectivity index (χ3v) is 5.02. The SMILES string of the molecule is CC[C@@H]1Oc2cc([C@@H](C)NCCc3csc(C)n3)ccc2NC1=O. The Kier molecular flexibility index (Phi) is 5.16. The van der Waals surface area contributed by atoms with E-state index < -0.39 is 6.10 Å². The Morgan fingerprint density at radius 1 is 1.46 bits per heavy atom. The zero-order valence-corrected chi connectivity index (χ0v) is 15.1. The van der Waals surface area contributed by atoms with Crippen molar-refractivity contribution in [3.05, 3.63) is 39.8 Å². The van der Waals surface area contributed by atoms with Gasteiger partial charge in [-0.1, -0.05) is 13.0 Å². The lowest BCUT2D eigenvalue weighted by Crippen LogP contribution is -2.36. The van der Waals surface area contributed by atoms with Gasteiger partial charge in [0.1, 0.15) is 5.75 Å². The first-order chi connectivity index (χ1) is 11.6. The molecule has 1 aliphatic heterocycles. The van der Waals surface area contributed by atoms with Crippen molar-refractivity contribution in [3.8, 4) is 5.75 Å². The monoisotopic (exact) mass is 345 g/mol. The van der Waals surface area contributed by atoms with E-state index in [1.54, 1.807) is 11.3 Å². The average molecular weight is 345 g/mol. The van der Waals surface area contributed by atoms with Gasteiger partial charge in [0.2, 0.25) is 0 Å². The van der Waals surface area contributed by atoms with Gasteiger partial charge in [0.25, 0.3) is 5.91 Å². The quantitative estimate of drug-likeness (QED) is 0.842. The third-order valence-electron chi connectivity index (χ3n) is 4.19. The van der Waals surface area contributed by atoms with Gasteiger partial charge in [-0.25, -0.2) is 4.98 Å². The van der Waals surface area contributed by atoms with Gasteiger partial charge in [0, 0.05) is 24.4 Å². The molecule has 1 aliphatic rings. The molecule has 0 unspecified atom stereocenters. The van der Waals surface area contributed by atoms with E-state index in [1.165, 1.54) is 0 Å². The van der Waals surface area contributed by atoms with E-state index in [1.807, 2.05) is 32.0 Å². The maximum atomic E-state index is 11.8. The van der Waals surface area contributed by atoms with Gasteiger partial charge >= 0.3 is 0 Å². The predicted molar refractivity (Wildman–Crippen MR) is 96.8 cm³/mol. The number of hydrogen-bond donors (Lipinski definition) is 2. The molecular formula is C18H23N3O2S. The number of nitrogens with one attached hydrogen (secondary N) is 2. The van der Waals surface area contributed by atoms with Gasteiger partial charge in [0.15, 0.2) is 6.10 Å². The summed E-state index contributed by atoms with van der Waals surface area (Å²) < 4.78 is 5.81. The first-order valence-corrected chi connectivity index (χ1v) is 9.20. The van der Waals surface area contributed by atoms with Gasteiger partial charge in [0.05, 0.1) is 16.4 Å². The van der Waals surface area contributed by atoms with Crippen molar-refractivity contribution in [1.29, 1.82) is 0 Å². The molecule has 0 aliphatic carbocycles. The van der Waals surface area contributed by atoms with Crippen LogP contribution in [0.3, 0.4) is 0 Å². The standard InChI is InChI=1S/C18H23N3O2S/c1-4-16-18(22)21-15-6-5-13(9-17(15)23-16)11(2)19-8-7-14-10-24-12(3)20-14/h5-6,9-11,16,19H,4,7-8H2,1-3H3,(H,21,22)/t11-,16+/m1/s1. The second-order valence-corrected chi connectivity index (χ2v) is 7.11. The van der Waals surface area contributed by atoms with Crippen LogP contribution in [-0.2, 0) is 11.2 Å². The number of aromatic nitrogens is 1. The molecule has 0 fully saturated rings. The highest BCUT2D eigenvalue weighted by molar-refractivity contribution is 7.09. The summed E-state index contributed by atoms with van der Waals surface area (Å²) >= 11 is 1.69. The zero-order valence-electron chi connectivity index (χ0n) is 14.3. The highest BCUT2D eigenvalue weighted by Crippen LogP contribution is 2.32. The predicted octanol–water partition coefficient (Wildman–Crippen LogP) is 3.45. The van der Waals surface area contributed by atoms with E-state index in [0.29, 0.717) is 6.42 Å². The molecule has 1 aromatic carbocycles. The Morgan fingerprint density at radius 3 is 3.00 bits per heavy atom. The summed E-state index contributed by atoms with van der Waals surface area (Å²) in [5, 5.41) is 9.64. The van der Waals surface area contributed by atoms with Gasteiger partial charge in [-0.15, -0.1) is 11.3 Å². The molecule has 0 spiro atoms. The Balaban J connectivity index is 1.61. The van der Waals surface area contributed by atoms with Crippen molar-refractivity contribution in [2.24, 2.45) is 0 Å². The lowest BCUT2D eigenvalue weighted by Gasteiger charge is -2.26. The molecule has 0 saturated carbocycles. The van der Waals surface area contributed by atoms with Gasteiger partial charge in [-0.3, -0.25) is 4.79 Å². The van der Waals surface area contributed by atoms with Crippen molar-refractivity contribution >= 4 is 22.9 Å². The van der Waals surface area contributed by atoms with Crippen molar-refractivity contribution < 1.29 is 9.53 Å². The number of carbonyl (C=O) groups excluding carboxylic acids is 1. The summed E-state index contributed by atoms with van der Waals surface area (Å²) in [6.45, 7) is 6.98. The molecule has 1 aromatic heterocycles. The smallest absolute Gasteiger partial charge is 0.265 e. The summed E-state index contributed by atoms with van der Waals surface area (Å²) in [4.78, 5) is 16.3. The summed E-state index contributed by atoms with van der Waals surface area (Å²) in [7, 11) is 0. The number of anilines is 1. The van der Waals surface area contributed by atoms with E-state index in [2.05, 4.69) is 27.9 Å². The van der Waals surface area contributed by atoms with Gasteiger partial charge in [-0.2, -0.15) is 0 Å². The first-order valence-electron chi connectivity index (χ1n) is 8.32. The average Bonchev–Trinajstić information content (AvgIpc) is 2.99. The Hall–Kier alpha value is -1.92. The third kappa shape index (κ3) is 3.76. The number of carbonyl (C=O) groups is 1. The summed E-state index contributed by atoms with van der Waals surface area (Å²) in [5.74, 6) is 0.685. The van der Waals surface area contributed by atoms with Crippen LogP contribution < -0.4 is 15.4 Å². The summed E-state index contributed by atoms with van der Waals surface area (Å²) in [6, 6.07) is 6.16. The van der Waals surface area contributed by atoms with Crippen molar-refractivity contribution in [2.75, 3.05) is 11.9 Å². The van der Waals surface area contributed by atoms with E-state index in [0.717, 1.165) is 40.7 Å². The van der Waals surface area contributed by atoms with Crippen LogP contribution in [-0.4, -0.2) is 23.5 Å². The molecule has 2 aromatic rings. The summed E-state index contributed by atoms with van der Waals surface area (Å²) in [5.41, 5.74) is 3.03. The molecule has 2 atom stereocenters. The molecule has 0 radical (unpaired) electrons. The van der Waals surface area contributed by atoms with E-state index >= 15 is 0 Å². The fraction of sp³-hybridized carbons (Fsp3) is 0.444. The second-order valence-electron chi connectivity index (χ2n) is 6.04. The molecule has 6 heteroatoms. The minimum atomic E-state index is -0.399. The van der Waals surface area contributed by atoms with Crippen LogP contribution in [0.5, 0.6) is 5.75 Å². The largest absolute Gasteiger partial charge is 0.478 e. The maximum Gasteiger partial charge on any atom is 0.265 e. The molecule has 2 heterocycles. The minimum Gasteiger partial charge on any atom is -0.478 e. The highest BCUT2D eigenvalue weighted by atomic mass is 32.1. The highest BCUT2D eigenvalue weighted by Gasteiger charge is 2.26. The van der Waals surface area contributed by atoms with Crippen LogP contribution in [0.1, 0.15) is 42.6 Å². The molecule has 0 bridgehead atoms. The van der Waals surface area contributed by atoms with Crippen molar-refractivity contribution in [3.63, 3.8) is 0 Å². The number of hydrogen-bond acceptors (Lipinski definition) is 5.